The fourth-order valence-electron chi connectivity index (χ4n) is 2.49. The molecule has 0 radical (unpaired) electrons. The molecule has 1 atom stereocenters. The topological polar surface area (TPSA) is 49.4 Å². The number of hydrogen-bond donors (Lipinski definition) is 1. The Hall–Kier alpha value is -1.36. The number of carbonyl (C=O) groups excluding carboxylic acids is 2. The molecule has 1 heterocycles. The molecule has 1 aromatic rings. The summed E-state index contributed by atoms with van der Waals surface area (Å²) in [6, 6.07) is 7.60. The number of anilines is 1. The zero-order chi connectivity index (χ0) is 14.1. The molecule has 3 rings (SSSR count). The Labute approximate surface area is 126 Å². The Kier molecular flexibility index (Phi) is 3.78. The van der Waals surface area contributed by atoms with E-state index in [1.54, 1.807) is 4.90 Å². The van der Waals surface area contributed by atoms with Gasteiger partial charge in [-0.3, -0.25) is 9.59 Å². The highest BCUT2D eigenvalue weighted by molar-refractivity contribution is 9.10. The largest absolute Gasteiger partial charge is 0.355 e. The van der Waals surface area contributed by atoms with Crippen molar-refractivity contribution in [3.63, 3.8) is 0 Å². The van der Waals surface area contributed by atoms with Gasteiger partial charge in [0.15, 0.2) is 0 Å². The highest BCUT2D eigenvalue weighted by atomic mass is 79.9. The second-order valence-corrected chi connectivity index (χ2v) is 6.41. The molecule has 1 saturated heterocycles. The van der Waals surface area contributed by atoms with Gasteiger partial charge in [-0.2, -0.15) is 0 Å². The first-order chi connectivity index (χ1) is 9.65. The Bertz CT molecular complexity index is 525. The molecule has 1 aromatic carbocycles. The number of benzene rings is 1. The van der Waals surface area contributed by atoms with Crippen molar-refractivity contribution in [2.45, 2.75) is 19.3 Å². The number of amides is 2. The number of nitrogens with zero attached hydrogens (tertiary/aromatic N) is 1. The van der Waals surface area contributed by atoms with Crippen LogP contribution in [0.4, 0.5) is 5.69 Å². The summed E-state index contributed by atoms with van der Waals surface area (Å²) in [5.41, 5.74) is 0.857. The lowest BCUT2D eigenvalue weighted by Crippen LogP contribution is -2.37. The van der Waals surface area contributed by atoms with Crippen LogP contribution in [0.3, 0.4) is 0 Å². The van der Waals surface area contributed by atoms with Crippen molar-refractivity contribution in [1.29, 1.82) is 0 Å². The summed E-state index contributed by atoms with van der Waals surface area (Å²) in [5, 5.41) is 2.90. The molecular weight excluding hydrogens is 320 g/mol. The summed E-state index contributed by atoms with van der Waals surface area (Å²) < 4.78 is 0.978. The quantitative estimate of drug-likeness (QED) is 0.858. The first kappa shape index (κ1) is 13.6. The van der Waals surface area contributed by atoms with E-state index in [1.165, 1.54) is 12.8 Å². The van der Waals surface area contributed by atoms with E-state index in [0.717, 1.165) is 16.7 Å². The molecule has 1 aliphatic carbocycles. The Balaban J connectivity index is 1.63. The highest BCUT2D eigenvalue weighted by Crippen LogP contribution is 2.29. The van der Waals surface area contributed by atoms with E-state index < -0.39 is 5.92 Å². The molecule has 1 saturated carbocycles. The van der Waals surface area contributed by atoms with Crippen molar-refractivity contribution in [1.82, 2.24) is 5.32 Å². The van der Waals surface area contributed by atoms with Crippen LogP contribution in [-0.4, -0.2) is 24.9 Å². The standard InChI is InChI=1S/C15H17BrN2O2/c16-11-3-5-12(6-4-11)18-8-7-13(15(18)20)14(19)17-9-10-1-2-10/h3-6,10,13H,1-2,7-9H2,(H,17,19). The van der Waals surface area contributed by atoms with Gasteiger partial charge in [-0.15, -0.1) is 0 Å². The van der Waals surface area contributed by atoms with Gasteiger partial charge in [-0.05, 0) is 49.4 Å². The minimum atomic E-state index is -0.516. The summed E-state index contributed by atoms with van der Waals surface area (Å²) in [6.45, 7) is 1.34. The van der Waals surface area contributed by atoms with Gasteiger partial charge in [-0.25, -0.2) is 0 Å². The number of rotatable bonds is 4. The molecule has 5 heteroatoms. The molecule has 4 nitrogen and oxygen atoms in total. The lowest BCUT2D eigenvalue weighted by Gasteiger charge is -2.16. The van der Waals surface area contributed by atoms with Crippen LogP contribution in [0.15, 0.2) is 28.7 Å². The summed E-state index contributed by atoms with van der Waals surface area (Å²) in [5.74, 6) is -0.0717. The average molecular weight is 337 g/mol. The lowest BCUT2D eigenvalue weighted by molar-refractivity contribution is -0.132. The number of hydrogen-bond acceptors (Lipinski definition) is 2. The zero-order valence-electron chi connectivity index (χ0n) is 11.1. The predicted octanol–water partition coefficient (Wildman–Crippen LogP) is 2.33. The highest BCUT2D eigenvalue weighted by Gasteiger charge is 2.37. The van der Waals surface area contributed by atoms with Crippen molar-refractivity contribution < 1.29 is 9.59 Å². The van der Waals surface area contributed by atoms with E-state index in [4.69, 9.17) is 0 Å². The maximum atomic E-state index is 12.3. The Morgan fingerprint density at radius 1 is 1.25 bits per heavy atom. The minimum Gasteiger partial charge on any atom is -0.355 e. The van der Waals surface area contributed by atoms with Crippen LogP contribution < -0.4 is 10.2 Å². The summed E-state index contributed by atoms with van der Waals surface area (Å²) in [7, 11) is 0. The van der Waals surface area contributed by atoms with Gasteiger partial charge in [0.05, 0.1) is 0 Å². The minimum absolute atomic E-state index is 0.0828. The van der Waals surface area contributed by atoms with Crippen molar-refractivity contribution in [2.75, 3.05) is 18.0 Å². The summed E-state index contributed by atoms with van der Waals surface area (Å²) in [4.78, 5) is 26.1. The molecule has 106 valence electrons. The first-order valence-electron chi connectivity index (χ1n) is 7.00. The van der Waals surface area contributed by atoms with E-state index >= 15 is 0 Å². The van der Waals surface area contributed by atoms with Crippen LogP contribution in [0.2, 0.25) is 0 Å². The smallest absolute Gasteiger partial charge is 0.239 e. The molecule has 2 aliphatic rings. The van der Waals surface area contributed by atoms with E-state index in [1.807, 2.05) is 24.3 Å². The van der Waals surface area contributed by atoms with Crippen LogP contribution >= 0.6 is 15.9 Å². The van der Waals surface area contributed by atoms with E-state index in [0.29, 0.717) is 18.9 Å². The third-order valence-corrected chi connectivity index (χ3v) is 4.45. The molecule has 0 aromatic heterocycles. The first-order valence-corrected chi connectivity index (χ1v) is 7.79. The van der Waals surface area contributed by atoms with Crippen LogP contribution in [0.1, 0.15) is 19.3 Å². The van der Waals surface area contributed by atoms with Crippen molar-refractivity contribution in [3.8, 4) is 0 Å². The second kappa shape index (κ2) is 5.56. The molecule has 0 spiro atoms. The molecular formula is C15H17BrN2O2. The third kappa shape index (κ3) is 2.87. The fraction of sp³-hybridized carbons (Fsp3) is 0.467. The number of carbonyl (C=O) groups is 2. The van der Waals surface area contributed by atoms with Crippen molar-refractivity contribution in [2.24, 2.45) is 11.8 Å². The third-order valence-electron chi connectivity index (χ3n) is 3.92. The van der Waals surface area contributed by atoms with E-state index in [9.17, 15) is 9.59 Å². The van der Waals surface area contributed by atoms with Gasteiger partial charge in [0.2, 0.25) is 11.8 Å². The fourth-order valence-corrected chi connectivity index (χ4v) is 2.76. The van der Waals surface area contributed by atoms with Crippen LogP contribution in [0.5, 0.6) is 0 Å². The number of nitrogens with one attached hydrogen (secondary N) is 1. The van der Waals surface area contributed by atoms with E-state index in [2.05, 4.69) is 21.2 Å². The van der Waals surface area contributed by atoms with Crippen LogP contribution in [0.25, 0.3) is 0 Å². The SMILES string of the molecule is O=C(NCC1CC1)C1CCN(c2ccc(Br)cc2)C1=O. The zero-order valence-corrected chi connectivity index (χ0v) is 12.7. The van der Waals surface area contributed by atoms with Crippen molar-refractivity contribution in [3.05, 3.63) is 28.7 Å². The summed E-state index contributed by atoms with van der Waals surface area (Å²) >= 11 is 3.38. The van der Waals surface area contributed by atoms with Gasteiger partial charge in [-0.1, -0.05) is 15.9 Å². The second-order valence-electron chi connectivity index (χ2n) is 5.50. The maximum absolute atomic E-state index is 12.3. The summed E-state index contributed by atoms with van der Waals surface area (Å²) in [6.07, 6.45) is 3.00. The van der Waals surface area contributed by atoms with Gasteiger partial charge in [0, 0.05) is 23.2 Å². The molecule has 0 bridgehead atoms. The lowest BCUT2D eigenvalue weighted by atomic mass is 10.1. The Morgan fingerprint density at radius 2 is 1.95 bits per heavy atom. The van der Waals surface area contributed by atoms with Gasteiger partial charge < -0.3 is 10.2 Å². The maximum Gasteiger partial charge on any atom is 0.239 e. The molecule has 20 heavy (non-hydrogen) atoms. The Morgan fingerprint density at radius 3 is 2.60 bits per heavy atom. The molecule has 2 amide bonds. The van der Waals surface area contributed by atoms with Gasteiger partial charge >= 0.3 is 0 Å². The monoisotopic (exact) mass is 336 g/mol. The molecule has 1 N–H and O–H groups in total. The molecule has 2 fully saturated rings. The van der Waals surface area contributed by atoms with Crippen LogP contribution in [0, 0.1) is 11.8 Å². The van der Waals surface area contributed by atoms with E-state index in [-0.39, 0.29) is 11.8 Å². The van der Waals surface area contributed by atoms with Crippen LogP contribution in [-0.2, 0) is 9.59 Å². The van der Waals surface area contributed by atoms with Gasteiger partial charge in [0.1, 0.15) is 5.92 Å². The number of halogens is 1. The van der Waals surface area contributed by atoms with Crippen molar-refractivity contribution >= 4 is 33.4 Å². The normalized spacial score (nSPS) is 22.1. The molecule has 1 aliphatic heterocycles. The van der Waals surface area contributed by atoms with Gasteiger partial charge in [0.25, 0.3) is 0 Å². The molecule has 1 unspecified atom stereocenters. The average Bonchev–Trinajstić information content (AvgIpc) is 3.19. The predicted molar refractivity (Wildman–Crippen MR) is 80.3 cm³/mol.